The van der Waals surface area contributed by atoms with E-state index in [0.717, 1.165) is 72.1 Å². The van der Waals surface area contributed by atoms with Crippen molar-refractivity contribution in [1.82, 2.24) is 30.1 Å². The number of likely N-dealkylation sites (tertiary alicyclic amines) is 1. The fourth-order valence-corrected chi connectivity index (χ4v) is 7.25. The molecule has 12 heteroatoms. The number of piperidine rings is 1. The first kappa shape index (κ1) is 32.5. The summed E-state index contributed by atoms with van der Waals surface area (Å²) in [5.41, 5.74) is 5.33. The Labute approximate surface area is 288 Å². The molecule has 2 atom stereocenters. The van der Waals surface area contributed by atoms with E-state index < -0.39 is 11.9 Å². The molecule has 0 radical (unpaired) electrons. The molecule has 2 saturated heterocycles. The fraction of sp³-hybridized carbons (Fsp3) is 0.351. The number of nitrogens with one attached hydrogen (secondary N) is 3. The Morgan fingerprint density at radius 1 is 1.08 bits per heavy atom. The van der Waals surface area contributed by atoms with Crippen molar-refractivity contribution in [1.29, 1.82) is 0 Å². The van der Waals surface area contributed by atoms with E-state index in [1.165, 1.54) is 0 Å². The number of aromatic nitrogens is 3. The van der Waals surface area contributed by atoms with E-state index in [9.17, 15) is 19.2 Å². The van der Waals surface area contributed by atoms with Crippen molar-refractivity contribution in [3.05, 3.63) is 87.5 Å². The van der Waals surface area contributed by atoms with Crippen LogP contribution >= 0.6 is 11.6 Å². The van der Waals surface area contributed by atoms with Gasteiger partial charge in [0, 0.05) is 60.1 Å². The molecule has 0 saturated carbocycles. The van der Waals surface area contributed by atoms with Crippen LogP contribution in [0.3, 0.4) is 0 Å². The molecule has 1 aromatic carbocycles. The molecule has 11 nitrogen and oxygen atoms in total. The maximum absolute atomic E-state index is 13.0. The highest BCUT2D eigenvalue weighted by atomic mass is 35.5. The number of fused-ring (bicyclic) bond motifs is 2. The summed E-state index contributed by atoms with van der Waals surface area (Å²) in [6, 6.07) is 10.5. The first-order valence-corrected chi connectivity index (χ1v) is 17.0. The molecule has 6 heterocycles. The van der Waals surface area contributed by atoms with Crippen molar-refractivity contribution in [2.45, 2.75) is 70.0 Å². The van der Waals surface area contributed by atoms with Crippen LogP contribution in [0.2, 0.25) is 5.02 Å². The van der Waals surface area contributed by atoms with Crippen molar-refractivity contribution in [2.24, 2.45) is 0 Å². The first-order valence-electron chi connectivity index (χ1n) is 16.7. The third-order valence-electron chi connectivity index (χ3n) is 9.62. The van der Waals surface area contributed by atoms with E-state index >= 15 is 0 Å². The third kappa shape index (κ3) is 6.67. The molecule has 49 heavy (non-hydrogen) atoms. The number of carbonyl (C=O) groups is 4. The molecule has 7 rings (SSSR count). The summed E-state index contributed by atoms with van der Waals surface area (Å²) in [5, 5.41) is 6.72. The van der Waals surface area contributed by atoms with Gasteiger partial charge < -0.3 is 15.2 Å². The summed E-state index contributed by atoms with van der Waals surface area (Å²) in [6.07, 6.45) is 9.18. The van der Waals surface area contributed by atoms with E-state index in [2.05, 4.69) is 49.4 Å². The van der Waals surface area contributed by atoms with Gasteiger partial charge >= 0.3 is 0 Å². The Balaban J connectivity index is 0.895. The summed E-state index contributed by atoms with van der Waals surface area (Å²) in [7, 11) is 2.10. The van der Waals surface area contributed by atoms with E-state index in [4.69, 9.17) is 11.6 Å². The number of halogens is 1. The second kappa shape index (κ2) is 13.8. The largest absolute Gasteiger partial charge is 0.356 e. The second-order valence-corrected chi connectivity index (χ2v) is 13.2. The zero-order chi connectivity index (χ0) is 34.1. The molecular formula is C37H36ClN7O4. The highest BCUT2D eigenvalue weighted by Gasteiger charge is 2.39. The second-order valence-electron chi connectivity index (χ2n) is 12.8. The summed E-state index contributed by atoms with van der Waals surface area (Å²) >= 11 is 6.68. The SMILES string of the molecule is CN1CCC[C@@H]1c1[nH]c2cc(NC(=O)c3ccc(CCCCC#Cc4cccc5c4CN(C4CCC(=O)NC4=O)C5=O)nc3)ncc2c1Cl. The Morgan fingerprint density at radius 3 is 2.73 bits per heavy atom. The number of unbranched alkanes of at least 4 members (excludes halogenated alkanes) is 2. The topological polar surface area (TPSA) is 140 Å². The van der Waals surface area contributed by atoms with Gasteiger partial charge in [-0.15, -0.1) is 0 Å². The fourth-order valence-electron chi connectivity index (χ4n) is 6.93. The minimum absolute atomic E-state index is 0.203. The van der Waals surface area contributed by atoms with E-state index in [0.29, 0.717) is 41.4 Å². The third-order valence-corrected chi connectivity index (χ3v) is 10.0. The van der Waals surface area contributed by atoms with E-state index in [1.54, 1.807) is 29.4 Å². The van der Waals surface area contributed by atoms with Gasteiger partial charge in [0.2, 0.25) is 11.8 Å². The number of hydrogen-bond donors (Lipinski definition) is 3. The molecule has 250 valence electrons. The number of H-pyrrole nitrogens is 1. The lowest BCUT2D eigenvalue weighted by atomic mass is 10.0. The van der Waals surface area contributed by atoms with Gasteiger partial charge in [-0.1, -0.05) is 29.5 Å². The molecule has 0 bridgehead atoms. The van der Waals surface area contributed by atoms with Crippen LogP contribution in [0.15, 0.2) is 48.8 Å². The van der Waals surface area contributed by atoms with Crippen LogP contribution in [0.1, 0.15) is 94.2 Å². The first-order chi connectivity index (χ1) is 23.8. The number of hydrogen-bond acceptors (Lipinski definition) is 7. The summed E-state index contributed by atoms with van der Waals surface area (Å²) in [6.45, 7) is 1.34. The van der Waals surface area contributed by atoms with Crippen molar-refractivity contribution < 1.29 is 19.2 Å². The number of pyridine rings is 2. The highest BCUT2D eigenvalue weighted by molar-refractivity contribution is 6.36. The van der Waals surface area contributed by atoms with E-state index in [1.807, 2.05) is 24.3 Å². The van der Waals surface area contributed by atoms with Crippen molar-refractivity contribution in [2.75, 3.05) is 18.9 Å². The summed E-state index contributed by atoms with van der Waals surface area (Å²) in [4.78, 5) is 66.1. The Bertz CT molecular complexity index is 2030. The molecular weight excluding hydrogens is 642 g/mol. The van der Waals surface area contributed by atoms with Crippen LogP contribution < -0.4 is 10.6 Å². The van der Waals surface area contributed by atoms with Gasteiger partial charge in [0.25, 0.3) is 11.8 Å². The van der Waals surface area contributed by atoms with Gasteiger partial charge in [-0.3, -0.25) is 34.4 Å². The number of amides is 4. The number of aryl methyl sites for hydroxylation is 1. The summed E-state index contributed by atoms with van der Waals surface area (Å²) < 4.78 is 0. The zero-order valence-corrected chi connectivity index (χ0v) is 27.9. The Morgan fingerprint density at radius 2 is 1.96 bits per heavy atom. The zero-order valence-electron chi connectivity index (χ0n) is 27.1. The quantitative estimate of drug-likeness (QED) is 0.133. The average molecular weight is 678 g/mol. The van der Waals surface area contributed by atoms with Crippen LogP contribution in [0.5, 0.6) is 0 Å². The minimum Gasteiger partial charge on any atom is -0.356 e. The van der Waals surface area contributed by atoms with Gasteiger partial charge in [0.05, 0.1) is 27.8 Å². The maximum atomic E-state index is 13.0. The lowest BCUT2D eigenvalue weighted by Gasteiger charge is -2.29. The molecule has 3 aliphatic heterocycles. The molecule has 3 aromatic heterocycles. The standard InChI is InChI=1S/C37H36ClN7O4/c1-44-17-7-12-29(44)34-33(38)26-20-40-31(18-28(26)41-34)42-35(47)23-13-14-24(39-19-23)10-5-3-2-4-8-22-9-6-11-25-27(22)21-45(37(25)49)30-15-16-32(46)43-36(30)48/h6,9,11,13-14,18-20,29-30,41H,2-3,5,7,10,12,15-17,21H2,1H3,(H,40,42,47)(H,43,46,48)/t29-,30?/m1/s1. The van der Waals surface area contributed by atoms with Gasteiger partial charge in [0.1, 0.15) is 11.9 Å². The van der Waals surface area contributed by atoms with E-state index in [-0.39, 0.29) is 30.2 Å². The molecule has 3 aliphatic rings. The average Bonchev–Trinajstić information content (AvgIpc) is 3.77. The Hall–Kier alpha value is -5.05. The molecule has 4 aromatic rings. The van der Waals surface area contributed by atoms with Gasteiger partial charge in [0.15, 0.2) is 0 Å². The number of nitrogens with zero attached hydrogens (tertiary/aromatic N) is 4. The summed E-state index contributed by atoms with van der Waals surface area (Å²) in [5.74, 6) is 5.66. The number of imide groups is 1. The maximum Gasteiger partial charge on any atom is 0.258 e. The van der Waals surface area contributed by atoms with Gasteiger partial charge in [-0.05, 0) is 81.9 Å². The number of rotatable bonds is 8. The number of benzene rings is 1. The molecule has 3 N–H and O–H groups in total. The van der Waals surface area contributed by atoms with Crippen LogP contribution in [0, 0.1) is 11.8 Å². The van der Waals surface area contributed by atoms with Crippen LogP contribution in [0.4, 0.5) is 5.82 Å². The number of aromatic amines is 1. The lowest BCUT2D eigenvalue weighted by Crippen LogP contribution is -2.52. The van der Waals surface area contributed by atoms with Crippen LogP contribution in [-0.4, -0.2) is 68.0 Å². The molecule has 0 spiro atoms. The minimum atomic E-state index is -0.648. The van der Waals surface area contributed by atoms with Crippen molar-refractivity contribution in [3.63, 3.8) is 0 Å². The normalized spacial score (nSPS) is 19.1. The Kier molecular flexibility index (Phi) is 9.17. The molecule has 4 amide bonds. The van der Waals surface area contributed by atoms with Crippen LogP contribution in [0.25, 0.3) is 10.9 Å². The van der Waals surface area contributed by atoms with Crippen molar-refractivity contribution >= 4 is 52.0 Å². The molecule has 1 unspecified atom stereocenters. The van der Waals surface area contributed by atoms with Crippen LogP contribution in [-0.2, 0) is 22.6 Å². The highest BCUT2D eigenvalue weighted by Crippen LogP contribution is 2.38. The van der Waals surface area contributed by atoms with Gasteiger partial charge in [-0.2, -0.15) is 0 Å². The lowest BCUT2D eigenvalue weighted by molar-refractivity contribution is -0.136. The number of carbonyl (C=O) groups excluding carboxylic acids is 4. The number of anilines is 1. The van der Waals surface area contributed by atoms with Crippen molar-refractivity contribution in [3.8, 4) is 11.8 Å². The molecule has 2 fully saturated rings. The smallest absolute Gasteiger partial charge is 0.258 e. The van der Waals surface area contributed by atoms with Gasteiger partial charge in [-0.25, -0.2) is 4.98 Å². The molecule has 0 aliphatic carbocycles. The predicted octanol–water partition coefficient (Wildman–Crippen LogP) is 5.16. The predicted molar refractivity (Wildman–Crippen MR) is 185 cm³/mol. The monoisotopic (exact) mass is 677 g/mol.